The van der Waals surface area contributed by atoms with E-state index in [-0.39, 0.29) is 6.04 Å². The second kappa shape index (κ2) is 5.01. The number of furan rings is 1. The van der Waals surface area contributed by atoms with E-state index < -0.39 is 5.95 Å². The summed E-state index contributed by atoms with van der Waals surface area (Å²) >= 11 is 0. The van der Waals surface area contributed by atoms with Gasteiger partial charge < -0.3 is 19.4 Å². The molecule has 6 nitrogen and oxygen atoms in total. The van der Waals surface area contributed by atoms with Crippen LogP contribution >= 0.6 is 0 Å². The minimum absolute atomic E-state index is 0.0989. The van der Waals surface area contributed by atoms with Crippen molar-refractivity contribution >= 4 is 0 Å². The molecule has 2 aromatic heterocycles. The highest BCUT2D eigenvalue weighted by Crippen LogP contribution is 2.09. The molecule has 2 heterocycles. The van der Waals surface area contributed by atoms with E-state index in [2.05, 4.69) is 15.1 Å². The van der Waals surface area contributed by atoms with Crippen LogP contribution in [-0.4, -0.2) is 5.27 Å². The van der Waals surface area contributed by atoms with Gasteiger partial charge in [-0.05, 0) is 26.0 Å². The Bertz CT molecular complexity index is 462. The summed E-state index contributed by atoms with van der Waals surface area (Å²) in [6.45, 7) is 4.85. The van der Waals surface area contributed by atoms with Crippen molar-refractivity contribution in [2.24, 2.45) is 0 Å². The lowest BCUT2D eigenvalue weighted by Gasteiger charge is -2.02. The fourth-order valence-corrected chi connectivity index (χ4v) is 1.55. The Kier molecular flexibility index (Phi) is 3.43. The van der Waals surface area contributed by atoms with Crippen molar-refractivity contribution in [3.8, 4) is 5.95 Å². The van der Waals surface area contributed by atoms with Gasteiger partial charge in [0.05, 0.1) is 24.6 Å². The molecule has 1 N–H and O–H groups in total. The summed E-state index contributed by atoms with van der Waals surface area (Å²) in [6, 6.07) is 3.79. The first-order valence-corrected chi connectivity index (χ1v) is 5.49. The van der Waals surface area contributed by atoms with Gasteiger partial charge in [0.2, 0.25) is 5.69 Å². The molecule has 0 amide bonds. The van der Waals surface area contributed by atoms with E-state index in [0.717, 1.165) is 5.76 Å². The molecule has 0 bridgehead atoms. The molecule has 17 heavy (non-hydrogen) atoms. The zero-order valence-electron chi connectivity index (χ0n) is 9.84. The molecular formula is C11H15N3O3. The van der Waals surface area contributed by atoms with Gasteiger partial charge in [-0.15, -0.1) is 0 Å². The monoisotopic (exact) mass is 237 g/mol. The minimum atomic E-state index is -0.398. The standard InChI is InChI=1S/C11H15N3O3/c1-8(2)14-10(11(15)17-13-14)7-12-6-9-4-3-5-16-9/h3-5,8,12H,6-7H2,1-2H3. The Labute approximate surface area is 98.8 Å². The fourth-order valence-electron chi connectivity index (χ4n) is 1.55. The van der Waals surface area contributed by atoms with Crippen molar-refractivity contribution in [1.29, 1.82) is 0 Å². The largest absolute Gasteiger partial charge is 0.539 e. The molecule has 6 heteroatoms. The maximum atomic E-state index is 11.4. The van der Waals surface area contributed by atoms with E-state index in [9.17, 15) is 5.11 Å². The highest BCUT2D eigenvalue weighted by molar-refractivity contribution is 5.03. The summed E-state index contributed by atoms with van der Waals surface area (Å²) in [5.74, 6) is 0.427. The average Bonchev–Trinajstić information content (AvgIpc) is 2.89. The maximum absolute atomic E-state index is 11.4. The van der Waals surface area contributed by atoms with Gasteiger partial charge in [-0.3, -0.25) is 0 Å². The summed E-state index contributed by atoms with van der Waals surface area (Å²) in [4.78, 5) is 0. The maximum Gasteiger partial charge on any atom is 0.247 e. The number of nitrogens with one attached hydrogen (secondary N) is 1. The molecule has 2 rings (SSSR count). The van der Waals surface area contributed by atoms with Crippen molar-refractivity contribution in [3.63, 3.8) is 0 Å². The Morgan fingerprint density at radius 2 is 2.29 bits per heavy atom. The van der Waals surface area contributed by atoms with Crippen LogP contribution in [-0.2, 0) is 13.1 Å². The third-order valence-corrected chi connectivity index (χ3v) is 2.38. The molecule has 0 fully saturated rings. The summed E-state index contributed by atoms with van der Waals surface area (Å²) in [6.07, 6.45) is 1.61. The van der Waals surface area contributed by atoms with Gasteiger partial charge in [-0.2, -0.15) is 0 Å². The molecule has 0 atom stereocenters. The van der Waals surface area contributed by atoms with Crippen LogP contribution in [0.1, 0.15) is 31.3 Å². The first-order valence-electron chi connectivity index (χ1n) is 5.49. The zero-order valence-corrected chi connectivity index (χ0v) is 9.84. The molecule has 0 saturated heterocycles. The van der Waals surface area contributed by atoms with Gasteiger partial charge in [0.1, 0.15) is 5.76 Å². The fraction of sp³-hybridized carbons (Fsp3) is 0.455. The van der Waals surface area contributed by atoms with Crippen molar-refractivity contribution < 1.29 is 18.7 Å². The normalized spacial score (nSPS) is 11.2. The Morgan fingerprint density at radius 1 is 1.47 bits per heavy atom. The van der Waals surface area contributed by atoms with E-state index in [1.165, 1.54) is 0 Å². The van der Waals surface area contributed by atoms with Crippen molar-refractivity contribution in [2.45, 2.75) is 33.0 Å². The molecule has 2 aromatic rings. The Morgan fingerprint density at radius 3 is 2.94 bits per heavy atom. The van der Waals surface area contributed by atoms with Crippen LogP contribution in [0.2, 0.25) is 0 Å². The molecule has 0 aromatic carbocycles. The molecular weight excluding hydrogens is 222 g/mol. The highest BCUT2D eigenvalue weighted by atomic mass is 16.6. The first kappa shape index (κ1) is 11.7. The topological polar surface area (TPSA) is 78.1 Å². The number of hydrogen-bond donors (Lipinski definition) is 1. The van der Waals surface area contributed by atoms with Crippen molar-refractivity contribution in [3.05, 3.63) is 29.9 Å². The first-order chi connectivity index (χ1) is 8.18. The number of rotatable bonds is 5. The van der Waals surface area contributed by atoms with Crippen molar-refractivity contribution in [2.75, 3.05) is 0 Å². The van der Waals surface area contributed by atoms with Crippen LogP contribution in [0.15, 0.2) is 27.3 Å². The number of aromatic nitrogens is 2. The van der Waals surface area contributed by atoms with Crippen molar-refractivity contribution in [1.82, 2.24) is 10.6 Å². The van der Waals surface area contributed by atoms with Crippen LogP contribution in [0.25, 0.3) is 0 Å². The third kappa shape index (κ3) is 2.65. The van der Waals surface area contributed by atoms with E-state index in [1.807, 2.05) is 26.0 Å². The molecule has 0 unspecified atom stereocenters. The average molecular weight is 237 g/mol. The lowest BCUT2D eigenvalue weighted by molar-refractivity contribution is -0.785. The quantitative estimate of drug-likeness (QED) is 0.766. The number of hydrogen-bond acceptors (Lipinski definition) is 5. The minimum Gasteiger partial charge on any atom is -0.539 e. The lowest BCUT2D eigenvalue weighted by Crippen LogP contribution is -2.43. The summed E-state index contributed by atoms with van der Waals surface area (Å²) in [5, 5.41) is 18.2. The van der Waals surface area contributed by atoms with Crippen LogP contribution in [0.3, 0.4) is 0 Å². The van der Waals surface area contributed by atoms with Gasteiger partial charge in [-0.1, -0.05) is 4.68 Å². The molecule has 92 valence electrons. The summed E-state index contributed by atoms with van der Waals surface area (Å²) in [5.41, 5.74) is 0.520. The van der Waals surface area contributed by atoms with Gasteiger partial charge in [0.25, 0.3) is 0 Å². The Balaban J connectivity index is 1.96. The van der Waals surface area contributed by atoms with Crippen LogP contribution in [0.4, 0.5) is 0 Å². The van der Waals surface area contributed by atoms with E-state index >= 15 is 0 Å². The second-order valence-electron chi connectivity index (χ2n) is 4.03. The van der Waals surface area contributed by atoms with E-state index in [0.29, 0.717) is 18.8 Å². The molecule has 0 aliphatic carbocycles. The predicted molar refractivity (Wildman–Crippen MR) is 55.8 cm³/mol. The van der Waals surface area contributed by atoms with Crippen LogP contribution in [0.5, 0.6) is 5.95 Å². The van der Waals surface area contributed by atoms with Gasteiger partial charge in [-0.25, -0.2) is 0 Å². The molecule has 0 spiro atoms. The van der Waals surface area contributed by atoms with E-state index in [4.69, 9.17) is 4.42 Å². The smallest absolute Gasteiger partial charge is 0.247 e. The van der Waals surface area contributed by atoms with E-state index in [1.54, 1.807) is 10.9 Å². The van der Waals surface area contributed by atoms with Gasteiger partial charge in [0.15, 0.2) is 12.0 Å². The van der Waals surface area contributed by atoms with Gasteiger partial charge >= 0.3 is 0 Å². The third-order valence-electron chi connectivity index (χ3n) is 2.38. The number of nitrogens with zero attached hydrogens (tertiary/aromatic N) is 2. The molecule has 0 aliphatic heterocycles. The summed E-state index contributed by atoms with van der Waals surface area (Å²) in [7, 11) is 0. The summed E-state index contributed by atoms with van der Waals surface area (Å²) < 4.78 is 11.4. The van der Waals surface area contributed by atoms with Crippen LogP contribution < -0.4 is 15.1 Å². The molecule has 0 aliphatic rings. The highest BCUT2D eigenvalue weighted by Gasteiger charge is 2.19. The second-order valence-corrected chi connectivity index (χ2v) is 4.03. The molecule has 0 saturated carbocycles. The predicted octanol–water partition coefficient (Wildman–Crippen LogP) is 0.499. The zero-order chi connectivity index (χ0) is 12.3. The Hall–Kier alpha value is -1.82. The van der Waals surface area contributed by atoms with Gasteiger partial charge in [0, 0.05) is 0 Å². The lowest BCUT2D eigenvalue weighted by atomic mass is 10.3. The SMILES string of the molecule is CC(C)[n+]1noc([O-])c1CNCc1ccco1. The molecule has 0 radical (unpaired) electrons. The van der Waals surface area contributed by atoms with Crippen LogP contribution in [0, 0.1) is 0 Å².